The number of pyridine rings is 1. The van der Waals surface area contributed by atoms with E-state index in [1.165, 1.54) is 24.4 Å². The predicted octanol–water partition coefficient (Wildman–Crippen LogP) is 3.24. The third-order valence-electron chi connectivity index (χ3n) is 2.24. The molecule has 86 valence electrons. The summed E-state index contributed by atoms with van der Waals surface area (Å²) in [6.45, 7) is 0. The average molecular weight is 252 g/mol. The van der Waals surface area contributed by atoms with Crippen LogP contribution in [-0.4, -0.2) is 16.1 Å². The van der Waals surface area contributed by atoms with Gasteiger partial charge >= 0.3 is 5.97 Å². The maximum absolute atomic E-state index is 13.2. The lowest BCUT2D eigenvalue weighted by Gasteiger charge is -2.02. The van der Waals surface area contributed by atoms with Gasteiger partial charge < -0.3 is 5.11 Å². The SMILES string of the molecule is O=C(O)c1ccc(-c2ccc(Cl)c(F)c2)cn1. The topological polar surface area (TPSA) is 50.2 Å². The molecule has 0 aliphatic heterocycles. The van der Waals surface area contributed by atoms with Gasteiger partial charge in [-0.3, -0.25) is 0 Å². The zero-order chi connectivity index (χ0) is 12.4. The molecule has 17 heavy (non-hydrogen) atoms. The highest BCUT2D eigenvalue weighted by Gasteiger charge is 2.06. The molecular formula is C12H7ClFNO2. The van der Waals surface area contributed by atoms with Crippen LogP contribution < -0.4 is 0 Å². The van der Waals surface area contributed by atoms with Crippen LogP contribution in [0.5, 0.6) is 0 Å². The number of aromatic nitrogens is 1. The lowest BCUT2D eigenvalue weighted by Crippen LogP contribution is -1.99. The number of halogens is 2. The third kappa shape index (κ3) is 2.42. The van der Waals surface area contributed by atoms with E-state index in [1.54, 1.807) is 12.1 Å². The molecule has 0 amide bonds. The molecule has 1 aromatic heterocycles. The van der Waals surface area contributed by atoms with Gasteiger partial charge in [-0.25, -0.2) is 14.2 Å². The fourth-order valence-electron chi connectivity index (χ4n) is 1.37. The van der Waals surface area contributed by atoms with Crippen LogP contribution in [0.1, 0.15) is 10.5 Å². The second kappa shape index (κ2) is 4.51. The largest absolute Gasteiger partial charge is 0.477 e. The second-order valence-electron chi connectivity index (χ2n) is 3.37. The molecule has 0 unspecified atom stereocenters. The summed E-state index contributed by atoms with van der Waals surface area (Å²) in [5, 5.41) is 8.73. The Labute approximate surface area is 101 Å². The molecule has 0 fully saturated rings. The highest BCUT2D eigenvalue weighted by molar-refractivity contribution is 6.30. The summed E-state index contributed by atoms with van der Waals surface area (Å²) in [7, 11) is 0. The van der Waals surface area contributed by atoms with Gasteiger partial charge in [0.2, 0.25) is 0 Å². The lowest BCUT2D eigenvalue weighted by molar-refractivity contribution is 0.0690. The molecule has 0 bridgehead atoms. The Bertz CT molecular complexity index is 569. The first-order chi connectivity index (χ1) is 8.08. The Balaban J connectivity index is 2.39. The van der Waals surface area contributed by atoms with E-state index in [2.05, 4.69) is 4.98 Å². The fourth-order valence-corrected chi connectivity index (χ4v) is 1.48. The van der Waals surface area contributed by atoms with E-state index in [0.717, 1.165) is 0 Å². The molecule has 0 saturated carbocycles. The first kappa shape index (κ1) is 11.5. The number of hydrogen-bond acceptors (Lipinski definition) is 2. The molecular weight excluding hydrogens is 245 g/mol. The fraction of sp³-hybridized carbons (Fsp3) is 0. The number of carboxylic acid groups (broad SMARTS) is 1. The number of hydrogen-bond donors (Lipinski definition) is 1. The molecule has 0 atom stereocenters. The normalized spacial score (nSPS) is 10.2. The van der Waals surface area contributed by atoms with E-state index in [-0.39, 0.29) is 10.7 Å². The smallest absolute Gasteiger partial charge is 0.354 e. The maximum atomic E-state index is 13.2. The molecule has 0 spiro atoms. The average Bonchev–Trinajstić information content (AvgIpc) is 2.33. The van der Waals surface area contributed by atoms with Crippen molar-refractivity contribution in [3.05, 3.63) is 53.1 Å². The van der Waals surface area contributed by atoms with Gasteiger partial charge in [0.15, 0.2) is 0 Å². The molecule has 1 aromatic carbocycles. The van der Waals surface area contributed by atoms with E-state index in [0.29, 0.717) is 11.1 Å². The van der Waals surface area contributed by atoms with Crippen LogP contribution in [0.3, 0.4) is 0 Å². The zero-order valence-corrected chi connectivity index (χ0v) is 9.28. The molecule has 0 radical (unpaired) electrons. The minimum absolute atomic E-state index is 0.0452. The van der Waals surface area contributed by atoms with E-state index in [4.69, 9.17) is 16.7 Å². The van der Waals surface area contributed by atoms with Crippen molar-refractivity contribution in [3.8, 4) is 11.1 Å². The van der Waals surface area contributed by atoms with Crippen LogP contribution in [0.2, 0.25) is 5.02 Å². The summed E-state index contributed by atoms with van der Waals surface area (Å²) in [4.78, 5) is 14.4. The van der Waals surface area contributed by atoms with E-state index >= 15 is 0 Å². The number of benzene rings is 1. The molecule has 1 heterocycles. The Hall–Kier alpha value is -1.94. The van der Waals surface area contributed by atoms with Crippen molar-refractivity contribution in [3.63, 3.8) is 0 Å². The Morgan fingerprint density at radius 1 is 1.24 bits per heavy atom. The van der Waals surface area contributed by atoms with Gasteiger partial charge in [0.05, 0.1) is 5.02 Å². The van der Waals surface area contributed by atoms with Crippen molar-refractivity contribution in [1.82, 2.24) is 4.98 Å². The highest BCUT2D eigenvalue weighted by Crippen LogP contribution is 2.23. The van der Waals surface area contributed by atoms with Crippen molar-refractivity contribution in [2.24, 2.45) is 0 Å². The monoisotopic (exact) mass is 251 g/mol. The number of nitrogens with zero attached hydrogens (tertiary/aromatic N) is 1. The van der Waals surface area contributed by atoms with Crippen molar-refractivity contribution < 1.29 is 14.3 Å². The molecule has 1 N–H and O–H groups in total. The summed E-state index contributed by atoms with van der Waals surface area (Å²) >= 11 is 5.57. The quantitative estimate of drug-likeness (QED) is 0.891. The van der Waals surface area contributed by atoms with Gasteiger partial charge in [-0.2, -0.15) is 0 Å². The van der Waals surface area contributed by atoms with Crippen molar-refractivity contribution >= 4 is 17.6 Å². The molecule has 0 saturated heterocycles. The summed E-state index contributed by atoms with van der Waals surface area (Å²) < 4.78 is 13.2. The van der Waals surface area contributed by atoms with Crippen LogP contribution >= 0.6 is 11.6 Å². The lowest BCUT2D eigenvalue weighted by atomic mass is 10.1. The third-order valence-corrected chi connectivity index (χ3v) is 2.54. The van der Waals surface area contributed by atoms with Crippen molar-refractivity contribution in [2.45, 2.75) is 0 Å². The minimum Gasteiger partial charge on any atom is -0.477 e. The van der Waals surface area contributed by atoms with Gasteiger partial charge in [-0.05, 0) is 23.8 Å². The predicted molar refractivity (Wildman–Crippen MR) is 61.6 cm³/mol. The van der Waals surface area contributed by atoms with Gasteiger partial charge in [-0.15, -0.1) is 0 Å². The first-order valence-corrected chi connectivity index (χ1v) is 5.10. The van der Waals surface area contributed by atoms with Crippen LogP contribution in [0, 0.1) is 5.82 Å². The minimum atomic E-state index is -1.10. The summed E-state index contributed by atoms with van der Waals surface area (Å²) in [6.07, 6.45) is 1.38. The van der Waals surface area contributed by atoms with Crippen molar-refractivity contribution in [1.29, 1.82) is 0 Å². The van der Waals surface area contributed by atoms with Crippen molar-refractivity contribution in [2.75, 3.05) is 0 Å². The van der Waals surface area contributed by atoms with Crippen LogP contribution in [0.25, 0.3) is 11.1 Å². The molecule has 0 aliphatic carbocycles. The molecule has 5 heteroatoms. The van der Waals surface area contributed by atoms with E-state index in [1.807, 2.05) is 0 Å². The number of rotatable bonds is 2. The van der Waals surface area contributed by atoms with Crippen LogP contribution in [-0.2, 0) is 0 Å². The van der Waals surface area contributed by atoms with Crippen LogP contribution in [0.4, 0.5) is 4.39 Å². The van der Waals surface area contributed by atoms with Gasteiger partial charge in [0, 0.05) is 11.8 Å². The molecule has 3 nitrogen and oxygen atoms in total. The summed E-state index contributed by atoms with van der Waals surface area (Å²) in [5.74, 6) is -1.62. The second-order valence-corrected chi connectivity index (χ2v) is 3.77. The van der Waals surface area contributed by atoms with Crippen LogP contribution in [0.15, 0.2) is 36.5 Å². The summed E-state index contributed by atoms with van der Waals surface area (Å²) in [5.41, 5.74) is 1.17. The molecule has 2 aromatic rings. The Morgan fingerprint density at radius 2 is 1.94 bits per heavy atom. The van der Waals surface area contributed by atoms with Gasteiger partial charge in [0.25, 0.3) is 0 Å². The Morgan fingerprint density at radius 3 is 2.47 bits per heavy atom. The number of carboxylic acids is 1. The van der Waals surface area contributed by atoms with E-state index < -0.39 is 11.8 Å². The number of aromatic carboxylic acids is 1. The zero-order valence-electron chi connectivity index (χ0n) is 8.52. The number of carbonyl (C=O) groups is 1. The standard InChI is InChI=1S/C12H7ClFNO2/c13-9-3-1-7(5-10(9)14)8-2-4-11(12(16)17)15-6-8/h1-6H,(H,16,17). The van der Waals surface area contributed by atoms with Gasteiger partial charge in [-0.1, -0.05) is 23.7 Å². The Kier molecular flexibility index (Phi) is 3.06. The molecule has 2 rings (SSSR count). The summed E-state index contributed by atoms with van der Waals surface area (Å²) in [6, 6.07) is 7.29. The van der Waals surface area contributed by atoms with E-state index in [9.17, 15) is 9.18 Å². The highest BCUT2D eigenvalue weighted by atomic mass is 35.5. The first-order valence-electron chi connectivity index (χ1n) is 4.72. The maximum Gasteiger partial charge on any atom is 0.354 e. The van der Waals surface area contributed by atoms with Gasteiger partial charge in [0.1, 0.15) is 11.5 Å². The molecule has 0 aliphatic rings.